The first kappa shape index (κ1) is 23.2. The average molecular weight is 437 g/mol. The zero-order chi connectivity index (χ0) is 21.4. The number of hydrogen-bond acceptors (Lipinski definition) is 3. The number of thioether (sulfide) groups is 1. The van der Waals surface area contributed by atoms with Gasteiger partial charge in [0.25, 0.3) is 0 Å². The molecule has 4 nitrogen and oxygen atoms in total. The Morgan fingerprint density at radius 3 is 2.41 bits per heavy atom. The van der Waals surface area contributed by atoms with E-state index in [2.05, 4.69) is 5.32 Å². The number of benzene rings is 2. The minimum absolute atomic E-state index is 0.0232. The Labute approximate surface area is 180 Å². The average Bonchev–Trinajstić information content (AvgIpc) is 2.66. The monoisotopic (exact) mass is 436 g/mol. The van der Waals surface area contributed by atoms with Crippen molar-refractivity contribution < 1.29 is 14.0 Å². The van der Waals surface area contributed by atoms with Crippen LogP contribution >= 0.6 is 23.4 Å². The molecule has 0 spiro atoms. The number of nitrogens with zero attached hydrogens (tertiary/aromatic N) is 1. The minimum Gasteiger partial charge on any atom is -0.352 e. The highest BCUT2D eigenvalue weighted by molar-refractivity contribution is 7.99. The van der Waals surface area contributed by atoms with Gasteiger partial charge < -0.3 is 10.2 Å². The molecule has 2 aromatic carbocycles. The third-order valence-electron chi connectivity index (χ3n) is 4.25. The molecule has 2 rings (SSSR count). The van der Waals surface area contributed by atoms with Gasteiger partial charge in [-0.25, -0.2) is 4.39 Å². The van der Waals surface area contributed by atoms with Gasteiger partial charge in [-0.1, -0.05) is 35.9 Å². The fraction of sp³-hybridized carbons (Fsp3) is 0.364. The molecule has 0 heterocycles. The maximum Gasteiger partial charge on any atom is 0.242 e. The van der Waals surface area contributed by atoms with Crippen molar-refractivity contribution in [3.8, 4) is 0 Å². The van der Waals surface area contributed by atoms with Gasteiger partial charge in [0.15, 0.2) is 0 Å². The molecule has 29 heavy (non-hydrogen) atoms. The Morgan fingerprint density at radius 2 is 1.79 bits per heavy atom. The summed E-state index contributed by atoms with van der Waals surface area (Å²) >= 11 is 7.47. The van der Waals surface area contributed by atoms with Crippen molar-refractivity contribution in [3.63, 3.8) is 0 Å². The summed E-state index contributed by atoms with van der Waals surface area (Å²) in [4.78, 5) is 27.0. The SMILES string of the molecule is CC(C)NC(=O)C(C)N(Cc1ccc(F)cc1)C(=O)CSCc1cccc(Cl)c1. The lowest BCUT2D eigenvalue weighted by Crippen LogP contribution is -2.49. The van der Waals surface area contributed by atoms with Crippen LogP contribution < -0.4 is 5.32 Å². The van der Waals surface area contributed by atoms with Crippen molar-refractivity contribution in [2.24, 2.45) is 0 Å². The van der Waals surface area contributed by atoms with E-state index >= 15 is 0 Å². The number of carbonyl (C=O) groups is 2. The van der Waals surface area contributed by atoms with Gasteiger partial charge in [0, 0.05) is 23.4 Å². The van der Waals surface area contributed by atoms with E-state index < -0.39 is 6.04 Å². The molecule has 2 aromatic rings. The fourth-order valence-electron chi connectivity index (χ4n) is 2.74. The van der Waals surface area contributed by atoms with Crippen LogP contribution in [0.1, 0.15) is 31.9 Å². The highest BCUT2D eigenvalue weighted by Crippen LogP contribution is 2.18. The second kappa shape index (κ2) is 11.2. The highest BCUT2D eigenvalue weighted by atomic mass is 35.5. The van der Waals surface area contributed by atoms with Gasteiger partial charge in [-0.2, -0.15) is 0 Å². The molecule has 0 saturated carbocycles. The lowest BCUT2D eigenvalue weighted by Gasteiger charge is -2.29. The summed E-state index contributed by atoms with van der Waals surface area (Å²) in [5.41, 5.74) is 1.80. The van der Waals surface area contributed by atoms with Crippen LogP contribution in [0.25, 0.3) is 0 Å². The molecule has 2 amide bonds. The third kappa shape index (κ3) is 7.71. The predicted octanol–water partition coefficient (Wildman–Crippen LogP) is 4.65. The van der Waals surface area contributed by atoms with Crippen LogP contribution in [0.2, 0.25) is 5.02 Å². The summed E-state index contributed by atoms with van der Waals surface area (Å²) in [5.74, 6) is 0.174. The number of hydrogen-bond donors (Lipinski definition) is 1. The largest absolute Gasteiger partial charge is 0.352 e. The predicted molar refractivity (Wildman–Crippen MR) is 117 cm³/mol. The van der Waals surface area contributed by atoms with Crippen LogP contribution in [-0.4, -0.2) is 34.6 Å². The maximum atomic E-state index is 13.2. The van der Waals surface area contributed by atoms with Crippen molar-refractivity contribution in [2.45, 2.75) is 45.2 Å². The normalized spacial score (nSPS) is 11.9. The first-order valence-corrected chi connectivity index (χ1v) is 11.0. The van der Waals surface area contributed by atoms with Crippen molar-refractivity contribution in [2.75, 3.05) is 5.75 Å². The lowest BCUT2D eigenvalue weighted by atomic mass is 10.1. The van der Waals surface area contributed by atoms with Gasteiger partial charge in [0.2, 0.25) is 11.8 Å². The number of nitrogens with one attached hydrogen (secondary N) is 1. The Hall–Kier alpha value is -2.05. The van der Waals surface area contributed by atoms with Crippen LogP contribution in [0.4, 0.5) is 4.39 Å². The second-order valence-electron chi connectivity index (χ2n) is 7.11. The quantitative estimate of drug-likeness (QED) is 0.622. The van der Waals surface area contributed by atoms with E-state index in [0.717, 1.165) is 11.1 Å². The Balaban J connectivity index is 2.06. The molecule has 7 heteroatoms. The number of halogens is 2. The van der Waals surface area contributed by atoms with Gasteiger partial charge in [-0.05, 0) is 56.2 Å². The van der Waals surface area contributed by atoms with E-state index in [1.807, 2.05) is 32.0 Å². The van der Waals surface area contributed by atoms with Crippen LogP contribution in [0, 0.1) is 5.82 Å². The molecule has 0 radical (unpaired) electrons. The van der Waals surface area contributed by atoms with Crippen LogP contribution in [0.3, 0.4) is 0 Å². The minimum atomic E-state index is -0.637. The molecule has 0 aromatic heterocycles. The maximum absolute atomic E-state index is 13.2. The van der Waals surface area contributed by atoms with E-state index in [0.29, 0.717) is 10.8 Å². The van der Waals surface area contributed by atoms with Gasteiger partial charge in [0.05, 0.1) is 5.75 Å². The van der Waals surface area contributed by atoms with Crippen LogP contribution in [-0.2, 0) is 21.9 Å². The van der Waals surface area contributed by atoms with Crippen molar-refractivity contribution >= 4 is 35.2 Å². The molecule has 0 bridgehead atoms. The van der Waals surface area contributed by atoms with Crippen LogP contribution in [0.5, 0.6) is 0 Å². The van der Waals surface area contributed by atoms with Crippen molar-refractivity contribution in [1.29, 1.82) is 0 Å². The summed E-state index contributed by atoms with van der Waals surface area (Å²) < 4.78 is 13.2. The van der Waals surface area contributed by atoms with Crippen molar-refractivity contribution in [3.05, 3.63) is 70.5 Å². The molecule has 1 N–H and O–H groups in total. The molecule has 1 unspecified atom stereocenters. The number of carbonyl (C=O) groups excluding carboxylic acids is 2. The third-order valence-corrected chi connectivity index (χ3v) is 5.47. The zero-order valence-corrected chi connectivity index (χ0v) is 18.4. The van der Waals surface area contributed by atoms with E-state index in [9.17, 15) is 14.0 Å². The standard InChI is InChI=1S/C22H26ClFN2O2S/c1-15(2)25-22(28)16(3)26(12-17-7-9-20(24)10-8-17)21(27)14-29-13-18-5-4-6-19(23)11-18/h4-11,15-16H,12-14H2,1-3H3,(H,25,28). The Kier molecular flexibility index (Phi) is 8.99. The molecule has 156 valence electrons. The molecular weight excluding hydrogens is 411 g/mol. The first-order chi connectivity index (χ1) is 13.8. The second-order valence-corrected chi connectivity index (χ2v) is 8.53. The van der Waals surface area contributed by atoms with Gasteiger partial charge in [0.1, 0.15) is 11.9 Å². The summed E-state index contributed by atoms with van der Waals surface area (Å²) in [5, 5.41) is 3.51. The molecule has 0 saturated heterocycles. The van der Waals surface area contributed by atoms with Gasteiger partial charge >= 0.3 is 0 Å². The lowest BCUT2D eigenvalue weighted by molar-refractivity contribution is -0.138. The van der Waals surface area contributed by atoms with Gasteiger partial charge in [-0.15, -0.1) is 11.8 Å². The van der Waals surface area contributed by atoms with E-state index in [1.54, 1.807) is 25.1 Å². The Morgan fingerprint density at radius 1 is 1.10 bits per heavy atom. The summed E-state index contributed by atoms with van der Waals surface area (Å²) in [6.45, 7) is 5.69. The highest BCUT2D eigenvalue weighted by Gasteiger charge is 2.26. The molecule has 0 aliphatic heterocycles. The van der Waals surface area contributed by atoms with E-state index in [-0.39, 0.29) is 36.0 Å². The smallest absolute Gasteiger partial charge is 0.242 e. The zero-order valence-electron chi connectivity index (χ0n) is 16.8. The molecule has 0 aliphatic rings. The van der Waals surface area contributed by atoms with E-state index in [4.69, 9.17) is 11.6 Å². The van der Waals surface area contributed by atoms with Gasteiger partial charge in [-0.3, -0.25) is 9.59 Å². The molecule has 0 fully saturated rings. The van der Waals surface area contributed by atoms with E-state index in [1.165, 1.54) is 28.8 Å². The number of rotatable bonds is 9. The van der Waals surface area contributed by atoms with Crippen LogP contribution in [0.15, 0.2) is 48.5 Å². The van der Waals surface area contributed by atoms with Crippen molar-refractivity contribution in [1.82, 2.24) is 10.2 Å². The topological polar surface area (TPSA) is 49.4 Å². The Bertz CT molecular complexity index is 830. The molecule has 1 atom stereocenters. The first-order valence-electron chi connectivity index (χ1n) is 9.42. The number of amides is 2. The summed E-state index contributed by atoms with van der Waals surface area (Å²) in [6, 6.07) is 12.8. The fourth-order valence-corrected chi connectivity index (χ4v) is 3.81. The summed E-state index contributed by atoms with van der Waals surface area (Å²) in [6.07, 6.45) is 0. The molecular formula is C22H26ClFN2O2S. The summed E-state index contributed by atoms with van der Waals surface area (Å²) in [7, 11) is 0. The molecule has 0 aliphatic carbocycles.